The monoisotopic (exact) mass is 447 g/mol. The number of halogens is 1. The van der Waals surface area contributed by atoms with Crippen LogP contribution in [0.1, 0.15) is 11.1 Å². The van der Waals surface area contributed by atoms with Gasteiger partial charge in [-0.15, -0.1) is 0 Å². The van der Waals surface area contributed by atoms with Gasteiger partial charge in [0.1, 0.15) is 5.82 Å². The molecule has 2 amide bonds. The van der Waals surface area contributed by atoms with Gasteiger partial charge in [0.25, 0.3) is 5.91 Å². The molecule has 0 saturated carbocycles. The number of hydrogen-bond acceptors (Lipinski definition) is 4. The number of nitrogens with one attached hydrogen (secondary N) is 1. The van der Waals surface area contributed by atoms with Crippen molar-refractivity contribution in [2.45, 2.75) is 18.4 Å². The molecule has 1 N–H and O–H groups in total. The van der Waals surface area contributed by atoms with Gasteiger partial charge < -0.3 is 15.0 Å². The zero-order valence-corrected chi connectivity index (χ0v) is 18.5. The summed E-state index contributed by atoms with van der Waals surface area (Å²) in [5.41, 5.74) is 2.35. The largest absolute Gasteiger partial charge is 0.361 e. The van der Waals surface area contributed by atoms with Gasteiger partial charge in [-0.1, -0.05) is 36.4 Å². The Morgan fingerprint density at radius 3 is 2.58 bits per heavy atom. The van der Waals surface area contributed by atoms with E-state index in [1.807, 2.05) is 36.4 Å². The number of nitrogens with zero attached hydrogens (tertiary/aromatic N) is 2. The molecule has 33 heavy (non-hydrogen) atoms. The van der Waals surface area contributed by atoms with Crippen LogP contribution >= 0.6 is 0 Å². The number of morpholine rings is 1. The standard InChI is InChI=1S/C26H26FN3O3/c1-28-25(32)26(17-20-5-2-6-22(14-20)21-8-10-29-11-9-21)18-30(12-13-33-26)24(31)16-19-4-3-7-23(27)15-19/h2-11,14-15H,12-13,16-18H2,1H3,(H,28,32)/t26-/m1/s1. The van der Waals surface area contributed by atoms with Crippen molar-refractivity contribution in [3.63, 3.8) is 0 Å². The molecule has 6 nitrogen and oxygen atoms in total. The minimum Gasteiger partial charge on any atom is -0.361 e. The van der Waals surface area contributed by atoms with Crippen LogP contribution in [0.25, 0.3) is 11.1 Å². The van der Waals surface area contributed by atoms with Gasteiger partial charge in [-0.3, -0.25) is 14.6 Å². The molecule has 1 fully saturated rings. The van der Waals surface area contributed by atoms with Crippen LogP contribution in [0.15, 0.2) is 73.1 Å². The highest BCUT2D eigenvalue weighted by Gasteiger charge is 2.44. The zero-order valence-electron chi connectivity index (χ0n) is 18.5. The molecular weight excluding hydrogens is 421 g/mol. The van der Waals surface area contributed by atoms with Crippen molar-refractivity contribution >= 4 is 11.8 Å². The predicted molar refractivity (Wildman–Crippen MR) is 123 cm³/mol. The van der Waals surface area contributed by atoms with Crippen molar-refractivity contribution in [2.75, 3.05) is 26.7 Å². The van der Waals surface area contributed by atoms with Crippen LogP contribution < -0.4 is 5.32 Å². The molecule has 3 aromatic rings. The summed E-state index contributed by atoms with van der Waals surface area (Å²) in [4.78, 5) is 31.7. The van der Waals surface area contributed by atoms with Crippen molar-refractivity contribution in [3.05, 3.63) is 90.0 Å². The summed E-state index contributed by atoms with van der Waals surface area (Å²) in [5, 5.41) is 2.70. The van der Waals surface area contributed by atoms with Crippen LogP contribution in [0, 0.1) is 5.82 Å². The van der Waals surface area contributed by atoms with Crippen molar-refractivity contribution in [3.8, 4) is 11.1 Å². The molecule has 4 rings (SSSR count). The molecule has 2 aromatic carbocycles. The maximum Gasteiger partial charge on any atom is 0.254 e. The molecule has 1 saturated heterocycles. The van der Waals surface area contributed by atoms with E-state index in [-0.39, 0.29) is 37.2 Å². The molecule has 1 atom stereocenters. The number of pyridine rings is 1. The van der Waals surface area contributed by atoms with Gasteiger partial charge in [0.2, 0.25) is 5.91 Å². The highest BCUT2D eigenvalue weighted by atomic mass is 19.1. The van der Waals surface area contributed by atoms with Crippen molar-refractivity contribution in [1.29, 1.82) is 0 Å². The predicted octanol–water partition coefficient (Wildman–Crippen LogP) is 3.02. The van der Waals surface area contributed by atoms with Gasteiger partial charge in [-0.05, 0) is 46.5 Å². The van der Waals surface area contributed by atoms with E-state index in [1.54, 1.807) is 36.5 Å². The van der Waals surface area contributed by atoms with E-state index in [9.17, 15) is 14.0 Å². The average molecular weight is 448 g/mol. The third kappa shape index (κ3) is 5.26. The Morgan fingerprint density at radius 1 is 1.06 bits per heavy atom. The van der Waals surface area contributed by atoms with Gasteiger partial charge >= 0.3 is 0 Å². The van der Waals surface area contributed by atoms with E-state index in [0.29, 0.717) is 18.5 Å². The Balaban J connectivity index is 1.56. The quantitative estimate of drug-likeness (QED) is 0.631. The lowest BCUT2D eigenvalue weighted by atomic mass is 9.89. The first-order valence-electron chi connectivity index (χ1n) is 10.9. The van der Waals surface area contributed by atoms with E-state index < -0.39 is 5.60 Å². The van der Waals surface area contributed by atoms with Gasteiger partial charge in [0.05, 0.1) is 19.6 Å². The Bertz CT molecular complexity index is 1140. The number of carbonyl (C=O) groups is 2. The molecule has 0 unspecified atom stereocenters. The maximum atomic E-state index is 13.5. The summed E-state index contributed by atoms with van der Waals surface area (Å²) in [6.45, 7) is 0.747. The lowest BCUT2D eigenvalue weighted by Gasteiger charge is -2.41. The van der Waals surface area contributed by atoms with E-state index >= 15 is 0 Å². The molecule has 7 heteroatoms. The first-order valence-corrected chi connectivity index (χ1v) is 10.9. The number of carbonyl (C=O) groups excluding carboxylic acids is 2. The van der Waals surface area contributed by atoms with Crippen molar-refractivity contribution in [1.82, 2.24) is 15.2 Å². The van der Waals surface area contributed by atoms with E-state index in [2.05, 4.69) is 10.3 Å². The topological polar surface area (TPSA) is 71.5 Å². The summed E-state index contributed by atoms with van der Waals surface area (Å²) >= 11 is 0. The van der Waals surface area contributed by atoms with E-state index in [0.717, 1.165) is 16.7 Å². The normalized spacial score (nSPS) is 18.1. The lowest BCUT2D eigenvalue weighted by molar-refractivity contribution is -0.165. The Morgan fingerprint density at radius 2 is 1.82 bits per heavy atom. The molecular formula is C26H26FN3O3. The highest BCUT2D eigenvalue weighted by molar-refractivity contribution is 5.87. The zero-order chi connectivity index (χ0) is 23.3. The van der Waals surface area contributed by atoms with Crippen LogP contribution in [-0.4, -0.2) is 54.0 Å². The van der Waals surface area contributed by atoms with Crippen LogP contribution in [0.3, 0.4) is 0 Å². The molecule has 1 aliphatic rings. The summed E-state index contributed by atoms with van der Waals surface area (Å²) < 4.78 is 19.6. The second kappa shape index (κ2) is 9.92. The Hall–Kier alpha value is -3.58. The fraction of sp³-hybridized carbons (Fsp3) is 0.269. The molecule has 0 bridgehead atoms. The number of ether oxygens (including phenoxy) is 1. The highest BCUT2D eigenvalue weighted by Crippen LogP contribution is 2.27. The first-order chi connectivity index (χ1) is 16.0. The minimum absolute atomic E-state index is 0.0686. The number of hydrogen-bond donors (Lipinski definition) is 1. The third-order valence-corrected chi connectivity index (χ3v) is 5.85. The number of aromatic nitrogens is 1. The number of likely N-dealkylation sites (N-methyl/N-ethyl adjacent to an activating group) is 1. The number of amides is 2. The summed E-state index contributed by atoms with van der Waals surface area (Å²) in [5.74, 6) is -0.821. The smallest absolute Gasteiger partial charge is 0.254 e. The molecule has 170 valence electrons. The summed E-state index contributed by atoms with van der Waals surface area (Å²) in [6.07, 6.45) is 3.86. The molecule has 0 aliphatic carbocycles. The van der Waals surface area contributed by atoms with Gasteiger partial charge in [-0.25, -0.2) is 4.39 Å². The minimum atomic E-state index is -1.21. The Kier molecular flexibility index (Phi) is 6.79. The number of rotatable bonds is 6. The van der Waals surface area contributed by atoms with Gasteiger partial charge in [0, 0.05) is 32.4 Å². The molecule has 0 spiro atoms. The van der Waals surface area contributed by atoms with Crippen LogP contribution in [0.4, 0.5) is 4.39 Å². The molecule has 1 aromatic heterocycles. The fourth-order valence-corrected chi connectivity index (χ4v) is 4.22. The van der Waals surface area contributed by atoms with Crippen molar-refractivity contribution in [2.24, 2.45) is 0 Å². The molecule has 0 radical (unpaired) electrons. The second-order valence-corrected chi connectivity index (χ2v) is 8.16. The van der Waals surface area contributed by atoms with E-state index in [1.165, 1.54) is 12.1 Å². The fourth-order valence-electron chi connectivity index (χ4n) is 4.22. The molecule has 2 heterocycles. The second-order valence-electron chi connectivity index (χ2n) is 8.16. The summed E-state index contributed by atoms with van der Waals surface area (Å²) in [7, 11) is 1.56. The average Bonchev–Trinajstić information content (AvgIpc) is 2.84. The van der Waals surface area contributed by atoms with Crippen molar-refractivity contribution < 1.29 is 18.7 Å². The summed E-state index contributed by atoms with van der Waals surface area (Å²) in [6, 6.07) is 17.8. The maximum absolute atomic E-state index is 13.5. The third-order valence-electron chi connectivity index (χ3n) is 5.85. The van der Waals surface area contributed by atoms with E-state index in [4.69, 9.17) is 4.74 Å². The van der Waals surface area contributed by atoms with Crippen LogP contribution in [-0.2, 0) is 27.2 Å². The van der Waals surface area contributed by atoms with Gasteiger partial charge in [-0.2, -0.15) is 0 Å². The van der Waals surface area contributed by atoms with Gasteiger partial charge in [0.15, 0.2) is 5.60 Å². The molecule has 1 aliphatic heterocycles. The number of benzene rings is 2. The van der Waals surface area contributed by atoms with Crippen LogP contribution in [0.2, 0.25) is 0 Å². The lowest BCUT2D eigenvalue weighted by Crippen LogP contribution is -2.61. The SMILES string of the molecule is CNC(=O)[C@@]1(Cc2cccc(-c3ccncc3)c2)CN(C(=O)Cc2cccc(F)c2)CCO1. The first kappa shape index (κ1) is 22.6. The Labute approximate surface area is 192 Å². The van der Waals surface area contributed by atoms with Crippen LogP contribution in [0.5, 0.6) is 0 Å².